The first-order valence-electron chi connectivity index (χ1n) is 8.07. The fraction of sp³-hybridized carbons (Fsp3) is 0.353. The highest BCUT2D eigenvalue weighted by Gasteiger charge is 2.29. The SMILES string of the molecule is COc1ccccc1NC(=O)c1ccc(S(=O)(=O)N2CCCCC2)o1. The van der Waals surface area contributed by atoms with E-state index in [0.717, 1.165) is 19.3 Å². The predicted octanol–water partition coefficient (Wildman–Crippen LogP) is 2.72. The molecule has 1 aliphatic heterocycles. The summed E-state index contributed by atoms with van der Waals surface area (Å²) < 4.78 is 37.0. The lowest BCUT2D eigenvalue weighted by Gasteiger charge is -2.24. The van der Waals surface area contributed by atoms with E-state index in [0.29, 0.717) is 24.5 Å². The average molecular weight is 364 g/mol. The molecule has 0 spiro atoms. The molecule has 1 aromatic heterocycles. The molecule has 1 aliphatic rings. The highest BCUT2D eigenvalue weighted by Crippen LogP contribution is 2.25. The van der Waals surface area contributed by atoms with Gasteiger partial charge in [-0.05, 0) is 37.1 Å². The maximum Gasteiger partial charge on any atom is 0.291 e. The van der Waals surface area contributed by atoms with E-state index >= 15 is 0 Å². The largest absolute Gasteiger partial charge is 0.495 e. The topological polar surface area (TPSA) is 88.8 Å². The lowest BCUT2D eigenvalue weighted by molar-refractivity contribution is 0.0991. The summed E-state index contributed by atoms with van der Waals surface area (Å²) >= 11 is 0. The Bertz CT molecular complexity index is 853. The van der Waals surface area contributed by atoms with Gasteiger partial charge >= 0.3 is 0 Å². The number of carbonyl (C=O) groups excluding carboxylic acids is 1. The normalized spacial score (nSPS) is 15.7. The minimum atomic E-state index is -3.70. The van der Waals surface area contributed by atoms with Crippen molar-refractivity contribution in [3.63, 3.8) is 0 Å². The summed E-state index contributed by atoms with van der Waals surface area (Å²) in [4.78, 5) is 12.3. The van der Waals surface area contributed by atoms with Gasteiger partial charge in [-0.15, -0.1) is 0 Å². The van der Waals surface area contributed by atoms with Crippen LogP contribution in [0.3, 0.4) is 0 Å². The number of hydrogen-bond acceptors (Lipinski definition) is 5. The van der Waals surface area contributed by atoms with Gasteiger partial charge in [0.25, 0.3) is 15.9 Å². The molecule has 1 N–H and O–H groups in total. The van der Waals surface area contributed by atoms with Gasteiger partial charge in [-0.25, -0.2) is 8.42 Å². The van der Waals surface area contributed by atoms with E-state index in [2.05, 4.69) is 5.32 Å². The minimum absolute atomic E-state index is 0.0681. The summed E-state index contributed by atoms with van der Waals surface area (Å²) in [5.74, 6) is -0.102. The van der Waals surface area contributed by atoms with Crippen molar-refractivity contribution in [1.29, 1.82) is 0 Å². The number of nitrogens with zero attached hydrogens (tertiary/aromatic N) is 1. The third-order valence-electron chi connectivity index (χ3n) is 4.07. The third-order valence-corrected chi connectivity index (χ3v) is 5.84. The molecule has 0 bridgehead atoms. The van der Waals surface area contributed by atoms with Crippen LogP contribution in [0.25, 0.3) is 0 Å². The van der Waals surface area contributed by atoms with Crippen molar-refractivity contribution in [2.75, 3.05) is 25.5 Å². The van der Waals surface area contributed by atoms with Crippen LogP contribution in [0.4, 0.5) is 5.69 Å². The van der Waals surface area contributed by atoms with Crippen LogP contribution < -0.4 is 10.1 Å². The molecule has 0 unspecified atom stereocenters. The smallest absolute Gasteiger partial charge is 0.291 e. The minimum Gasteiger partial charge on any atom is -0.495 e. The third kappa shape index (κ3) is 3.69. The zero-order chi connectivity index (χ0) is 17.9. The number of piperidine rings is 1. The number of hydrogen-bond donors (Lipinski definition) is 1. The lowest BCUT2D eigenvalue weighted by atomic mass is 10.2. The molecular formula is C17H20N2O5S. The van der Waals surface area contributed by atoms with Crippen LogP contribution in [0, 0.1) is 0 Å². The Hall–Kier alpha value is -2.32. The molecule has 3 rings (SSSR count). The van der Waals surface area contributed by atoms with Crippen LogP contribution in [0.5, 0.6) is 5.75 Å². The van der Waals surface area contributed by atoms with Crippen molar-refractivity contribution in [1.82, 2.24) is 4.31 Å². The number of para-hydroxylation sites is 2. The number of anilines is 1. The summed E-state index contributed by atoms with van der Waals surface area (Å²) in [7, 11) is -2.20. The molecule has 2 aromatic rings. The van der Waals surface area contributed by atoms with E-state index in [9.17, 15) is 13.2 Å². The number of benzene rings is 1. The monoisotopic (exact) mass is 364 g/mol. The highest BCUT2D eigenvalue weighted by molar-refractivity contribution is 7.89. The first-order valence-corrected chi connectivity index (χ1v) is 9.51. The second-order valence-corrected chi connectivity index (χ2v) is 7.61. The van der Waals surface area contributed by atoms with Gasteiger partial charge in [0.15, 0.2) is 5.76 Å². The average Bonchev–Trinajstić information content (AvgIpc) is 3.14. The zero-order valence-electron chi connectivity index (χ0n) is 13.9. The van der Waals surface area contributed by atoms with E-state index in [-0.39, 0.29) is 10.9 Å². The molecule has 25 heavy (non-hydrogen) atoms. The Morgan fingerprint density at radius 3 is 2.56 bits per heavy atom. The summed E-state index contributed by atoms with van der Waals surface area (Å²) in [6.07, 6.45) is 2.69. The van der Waals surface area contributed by atoms with Gasteiger partial charge < -0.3 is 14.5 Å². The summed E-state index contributed by atoms with van der Waals surface area (Å²) in [5.41, 5.74) is 0.479. The van der Waals surface area contributed by atoms with Crippen LogP contribution in [-0.2, 0) is 10.0 Å². The first-order chi connectivity index (χ1) is 12.0. The maximum absolute atomic E-state index is 12.6. The van der Waals surface area contributed by atoms with Gasteiger partial charge in [-0.1, -0.05) is 18.6 Å². The Morgan fingerprint density at radius 1 is 1.12 bits per heavy atom. The fourth-order valence-corrected chi connectivity index (χ4v) is 4.17. The maximum atomic E-state index is 12.6. The number of furan rings is 1. The summed E-state index contributed by atoms with van der Waals surface area (Å²) in [5, 5.41) is 2.45. The summed E-state index contributed by atoms with van der Waals surface area (Å²) in [6.45, 7) is 0.956. The molecule has 8 heteroatoms. The van der Waals surface area contributed by atoms with Gasteiger partial charge in [0.1, 0.15) is 5.75 Å². The van der Waals surface area contributed by atoms with Crippen LogP contribution in [0.15, 0.2) is 45.9 Å². The number of methoxy groups -OCH3 is 1. The molecule has 0 saturated carbocycles. The van der Waals surface area contributed by atoms with E-state index < -0.39 is 15.9 Å². The van der Waals surface area contributed by atoms with Crippen molar-refractivity contribution in [2.24, 2.45) is 0 Å². The lowest BCUT2D eigenvalue weighted by Crippen LogP contribution is -2.35. The number of ether oxygens (including phenoxy) is 1. The van der Waals surface area contributed by atoms with Crippen molar-refractivity contribution >= 4 is 21.6 Å². The van der Waals surface area contributed by atoms with Gasteiger partial charge in [0.05, 0.1) is 12.8 Å². The van der Waals surface area contributed by atoms with Gasteiger partial charge in [0.2, 0.25) is 5.09 Å². The van der Waals surface area contributed by atoms with Gasteiger partial charge in [-0.3, -0.25) is 4.79 Å². The number of rotatable bonds is 5. The quantitative estimate of drug-likeness (QED) is 0.881. The second-order valence-electron chi connectivity index (χ2n) is 5.74. The van der Waals surface area contributed by atoms with E-state index in [1.54, 1.807) is 24.3 Å². The van der Waals surface area contributed by atoms with Crippen molar-refractivity contribution in [2.45, 2.75) is 24.4 Å². The summed E-state index contributed by atoms with van der Waals surface area (Å²) in [6, 6.07) is 9.62. The molecule has 134 valence electrons. The van der Waals surface area contributed by atoms with Crippen molar-refractivity contribution in [3.8, 4) is 5.75 Å². The first kappa shape index (κ1) is 17.5. The van der Waals surface area contributed by atoms with Crippen LogP contribution in [0.1, 0.15) is 29.8 Å². The fourth-order valence-electron chi connectivity index (χ4n) is 2.75. The Labute approximate surface area is 146 Å². The Kier molecular flexibility index (Phi) is 5.10. The van der Waals surface area contributed by atoms with E-state index in [1.807, 2.05) is 0 Å². The van der Waals surface area contributed by atoms with E-state index in [1.165, 1.54) is 23.5 Å². The van der Waals surface area contributed by atoms with Crippen LogP contribution >= 0.6 is 0 Å². The number of amides is 1. The molecule has 1 saturated heterocycles. The Balaban J connectivity index is 1.77. The molecule has 0 atom stereocenters. The zero-order valence-corrected chi connectivity index (χ0v) is 14.7. The number of sulfonamides is 1. The molecule has 0 radical (unpaired) electrons. The number of nitrogens with one attached hydrogen (secondary N) is 1. The van der Waals surface area contributed by atoms with Crippen molar-refractivity contribution in [3.05, 3.63) is 42.2 Å². The highest BCUT2D eigenvalue weighted by atomic mass is 32.2. The number of carbonyl (C=O) groups is 1. The molecule has 2 heterocycles. The van der Waals surface area contributed by atoms with Crippen LogP contribution in [-0.4, -0.2) is 38.8 Å². The predicted molar refractivity (Wildman–Crippen MR) is 92.3 cm³/mol. The van der Waals surface area contributed by atoms with Gasteiger partial charge in [-0.2, -0.15) is 4.31 Å². The van der Waals surface area contributed by atoms with Gasteiger partial charge in [0, 0.05) is 13.1 Å². The molecule has 1 fully saturated rings. The Morgan fingerprint density at radius 2 is 1.84 bits per heavy atom. The molecule has 1 aromatic carbocycles. The standard InChI is InChI=1S/C17H20N2O5S/c1-23-14-8-4-3-7-13(14)18-17(20)15-9-10-16(24-15)25(21,22)19-11-5-2-6-12-19/h3-4,7-10H,2,5-6,11-12H2,1H3,(H,18,20). The van der Waals surface area contributed by atoms with Crippen LogP contribution in [0.2, 0.25) is 0 Å². The van der Waals surface area contributed by atoms with E-state index in [4.69, 9.17) is 9.15 Å². The second kappa shape index (κ2) is 7.28. The molecular weight excluding hydrogens is 344 g/mol. The molecule has 7 nitrogen and oxygen atoms in total. The molecule has 1 amide bonds. The molecule has 0 aliphatic carbocycles. The van der Waals surface area contributed by atoms with Crippen molar-refractivity contribution < 1.29 is 22.4 Å².